The first kappa shape index (κ1) is 7.92. The SMILES string of the molecule is CC(C)C1CNc2cscc2O1. The van der Waals surface area contributed by atoms with Gasteiger partial charge in [-0.2, -0.15) is 0 Å². The van der Waals surface area contributed by atoms with E-state index in [4.69, 9.17) is 4.74 Å². The van der Waals surface area contributed by atoms with E-state index in [0.717, 1.165) is 18.0 Å². The van der Waals surface area contributed by atoms with Gasteiger partial charge in [0, 0.05) is 10.8 Å². The monoisotopic (exact) mass is 183 g/mol. The second-order valence-corrected chi connectivity index (χ2v) is 4.17. The Morgan fingerprint density at radius 1 is 1.58 bits per heavy atom. The van der Waals surface area contributed by atoms with Gasteiger partial charge >= 0.3 is 0 Å². The zero-order valence-electron chi connectivity index (χ0n) is 7.33. The van der Waals surface area contributed by atoms with Gasteiger partial charge in [0.15, 0.2) is 5.75 Å². The standard InChI is InChI=1S/C9H13NOS/c1-6(2)8-3-10-7-4-12-5-9(7)11-8/h4-6,8,10H,3H2,1-2H3. The summed E-state index contributed by atoms with van der Waals surface area (Å²) in [5, 5.41) is 7.50. The third-order valence-corrected chi connectivity index (χ3v) is 2.86. The molecular weight excluding hydrogens is 170 g/mol. The molecule has 0 spiro atoms. The van der Waals surface area contributed by atoms with Crippen LogP contribution < -0.4 is 10.1 Å². The molecular formula is C9H13NOS. The highest BCUT2D eigenvalue weighted by Gasteiger charge is 2.21. The van der Waals surface area contributed by atoms with Gasteiger partial charge in [0.2, 0.25) is 0 Å². The van der Waals surface area contributed by atoms with Crippen LogP contribution in [-0.2, 0) is 0 Å². The van der Waals surface area contributed by atoms with E-state index in [1.807, 2.05) is 0 Å². The summed E-state index contributed by atoms with van der Waals surface area (Å²) in [5.41, 5.74) is 1.15. The quantitative estimate of drug-likeness (QED) is 0.722. The molecule has 0 fully saturated rings. The Kier molecular flexibility index (Phi) is 1.97. The van der Waals surface area contributed by atoms with Gasteiger partial charge in [-0.3, -0.25) is 0 Å². The number of hydrogen-bond donors (Lipinski definition) is 1. The van der Waals surface area contributed by atoms with Crippen LogP contribution in [0, 0.1) is 5.92 Å². The molecule has 0 radical (unpaired) electrons. The minimum atomic E-state index is 0.326. The minimum absolute atomic E-state index is 0.326. The molecule has 1 atom stereocenters. The number of anilines is 1. The molecule has 1 aliphatic rings. The normalized spacial score (nSPS) is 21.4. The Labute approximate surface area is 76.6 Å². The number of thiophene rings is 1. The molecule has 0 amide bonds. The Balaban J connectivity index is 2.15. The van der Waals surface area contributed by atoms with Crippen LogP contribution in [0.2, 0.25) is 0 Å². The first-order valence-electron chi connectivity index (χ1n) is 4.24. The van der Waals surface area contributed by atoms with Gasteiger partial charge in [-0.25, -0.2) is 0 Å². The molecule has 0 saturated heterocycles. The van der Waals surface area contributed by atoms with Crippen LogP contribution in [0.15, 0.2) is 10.8 Å². The lowest BCUT2D eigenvalue weighted by atomic mass is 10.1. The Hall–Kier alpha value is -0.700. The van der Waals surface area contributed by atoms with Crippen LogP contribution in [0.4, 0.5) is 5.69 Å². The van der Waals surface area contributed by atoms with Gasteiger partial charge < -0.3 is 10.1 Å². The maximum atomic E-state index is 5.78. The fourth-order valence-electron chi connectivity index (χ4n) is 1.29. The van der Waals surface area contributed by atoms with Crippen molar-refractivity contribution in [2.45, 2.75) is 20.0 Å². The van der Waals surface area contributed by atoms with E-state index < -0.39 is 0 Å². The Bertz CT molecular complexity index is 269. The third-order valence-electron chi connectivity index (χ3n) is 2.14. The highest BCUT2D eigenvalue weighted by Crippen LogP contribution is 2.33. The van der Waals surface area contributed by atoms with E-state index in [1.54, 1.807) is 11.3 Å². The van der Waals surface area contributed by atoms with E-state index in [9.17, 15) is 0 Å². The van der Waals surface area contributed by atoms with Gasteiger partial charge in [-0.15, -0.1) is 11.3 Å². The van der Waals surface area contributed by atoms with Crippen molar-refractivity contribution in [3.8, 4) is 5.75 Å². The molecule has 1 aromatic rings. The van der Waals surface area contributed by atoms with Gasteiger partial charge in [-0.1, -0.05) is 13.8 Å². The van der Waals surface area contributed by atoms with Crippen molar-refractivity contribution < 1.29 is 4.74 Å². The fourth-order valence-corrected chi connectivity index (χ4v) is 2.00. The zero-order valence-corrected chi connectivity index (χ0v) is 8.15. The smallest absolute Gasteiger partial charge is 0.153 e. The Morgan fingerprint density at radius 2 is 2.42 bits per heavy atom. The molecule has 0 aliphatic carbocycles. The lowest BCUT2D eigenvalue weighted by Crippen LogP contribution is -2.34. The number of hydrogen-bond acceptors (Lipinski definition) is 3. The zero-order chi connectivity index (χ0) is 8.55. The summed E-state index contributed by atoms with van der Waals surface area (Å²) in [7, 11) is 0. The molecule has 0 aromatic carbocycles. The van der Waals surface area contributed by atoms with Crippen LogP contribution in [0.5, 0.6) is 5.75 Å². The summed E-state index contributed by atoms with van der Waals surface area (Å²) in [4.78, 5) is 0. The average molecular weight is 183 g/mol. The summed E-state index contributed by atoms with van der Waals surface area (Å²) in [6, 6.07) is 0. The molecule has 0 saturated carbocycles. The van der Waals surface area contributed by atoms with E-state index in [-0.39, 0.29) is 0 Å². The molecule has 66 valence electrons. The van der Waals surface area contributed by atoms with Gasteiger partial charge in [-0.05, 0) is 5.92 Å². The predicted octanol–water partition coefficient (Wildman–Crippen LogP) is 2.58. The van der Waals surface area contributed by atoms with Crippen molar-refractivity contribution in [3.63, 3.8) is 0 Å². The molecule has 12 heavy (non-hydrogen) atoms. The number of rotatable bonds is 1. The number of fused-ring (bicyclic) bond motifs is 1. The number of nitrogens with one attached hydrogen (secondary N) is 1. The van der Waals surface area contributed by atoms with Crippen molar-refractivity contribution in [1.82, 2.24) is 0 Å². The number of ether oxygens (including phenoxy) is 1. The first-order chi connectivity index (χ1) is 5.77. The fraction of sp³-hybridized carbons (Fsp3) is 0.556. The van der Waals surface area contributed by atoms with E-state index in [2.05, 4.69) is 29.9 Å². The van der Waals surface area contributed by atoms with E-state index in [0.29, 0.717) is 12.0 Å². The van der Waals surface area contributed by atoms with Crippen molar-refractivity contribution in [2.75, 3.05) is 11.9 Å². The van der Waals surface area contributed by atoms with Crippen molar-refractivity contribution in [2.24, 2.45) is 5.92 Å². The van der Waals surface area contributed by atoms with Crippen LogP contribution in [-0.4, -0.2) is 12.6 Å². The van der Waals surface area contributed by atoms with Crippen molar-refractivity contribution >= 4 is 17.0 Å². The van der Waals surface area contributed by atoms with Gasteiger partial charge in [0.1, 0.15) is 6.10 Å². The molecule has 2 rings (SSSR count). The molecule has 1 aliphatic heterocycles. The maximum Gasteiger partial charge on any atom is 0.153 e. The lowest BCUT2D eigenvalue weighted by Gasteiger charge is -2.27. The molecule has 1 N–H and O–H groups in total. The highest BCUT2D eigenvalue weighted by atomic mass is 32.1. The van der Waals surface area contributed by atoms with Crippen molar-refractivity contribution in [1.29, 1.82) is 0 Å². The van der Waals surface area contributed by atoms with Crippen LogP contribution >= 0.6 is 11.3 Å². The Morgan fingerprint density at radius 3 is 3.17 bits per heavy atom. The largest absolute Gasteiger partial charge is 0.485 e. The highest BCUT2D eigenvalue weighted by molar-refractivity contribution is 7.08. The second kappa shape index (κ2) is 2.98. The molecule has 0 bridgehead atoms. The molecule has 2 heterocycles. The maximum absolute atomic E-state index is 5.78. The summed E-state index contributed by atoms with van der Waals surface area (Å²) >= 11 is 1.68. The third kappa shape index (κ3) is 1.29. The van der Waals surface area contributed by atoms with Gasteiger partial charge in [0.05, 0.1) is 12.2 Å². The van der Waals surface area contributed by atoms with E-state index >= 15 is 0 Å². The predicted molar refractivity (Wildman–Crippen MR) is 52.1 cm³/mol. The lowest BCUT2D eigenvalue weighted by molar-refractivity contribution is 0.157. The molecule has 1 unspecified atom stereocenters. The molecule has 1 aromatic heterocycles. The summed E-state index contributed by atoms with van der Waals surface area (Å²) in [5.74, 6) is 1.59. The molecule has 2 nitrogen and oxygen atoms in total. The summed E-state index contributed by atoms with van der Waals surface area (Å²) < 4.78 is 5.78. The van der Waals surface area contributed by atoms with Crippen LogP contribution in [0.3, 0.4) is 0 Å². The van der Waals surface area contributed by atoms with Crippen molar-refractivity contribution in [3.05, 3.63) is 10.8 Å². The topological polar surface area (TPSA) is 21.3 Å². The van der Waals surface area contributed by atoms with Crippen LogP contribution in [0.1, 0.15) is 13.8 Å². The van der Waals surface area contributed by atoms with Gasteiger partial charge in [0.25, 0.3) is 0 Å². The summed E-state index contributed by atoms with van der Waals surface area (Å²) in [6.07, 6.45) is 0.326. The van der Waals surface area contributed by atoms with E-state index in [1.165, 1.54) is 0 Å². The minimum Gasteiger partial charge on any atom is -0.485 e. The van der Waals surface area contributed by atoms with Crippen LogP contribution in [0.25, 0.3) is 0 Å². The average Bonchev–Trinajstić information content (AvgIpc) is 2.49. The molecule has 3 heteroatoms. The first-order valence-corrected chi connectivity index (χ1v) is 5.18. The summed E-state index contributed by atoms with van der Waals surface area (Å²) in [6.45, 7) is 5.30. The second-order valence-electron chi connectivity index (χ2n) is 3.43.